The monoisotopic (exact) mass is 319 g/mol. The minimum Gasteiger partial charge on any atom is -0.368 e. The topological polar surface area (TPSA) is 52.7 Å². The highest BCUT2D eigenvalue weighted by molar-refractivity contribution is 5.84. The van der Waals surface area contributed by atoms with Crippen LogP contribution in [0.3, 0.4) is 0 Å². The Kier molecular flexibility index (Phi) is 4.79. The van der Waals surface area contributed by atoms with Gasteiger partial charge in [-0.1, -0.05) is 0 Å². The Morgan fingerprint density at radius 3 is 2.30 bits per heavy atom. The van der Waals surface area contributed by atoms with Gasteiger partial charge < -0.3 is 15.1 Å². The first-order chi connectivity index (χ1) is 11.1. The highest BCUT2D eigenvalue weighted by atomic mass is 19.1. The molecule has 3 rings (SSSR count). The largest absolute Gasteiger partial charge is 0.368 e. The number of rotatable bonds is 5. The summed E-state index contributed by atoms with van der Waals surface area (Å²) in [7, 11) is 0. The van der Waals surface area contributed by atoms with Crippen LogP contribution in [0.25, 0.3) is 0 Å². The van der Waals surface area contributed by atoms with Crippen molar-refractivity contribution in [3.05, 3.63) is 30.1 Å². The molecule has 1 saturated carbocycles. The third-order valence-electron chi connectivity index (χ3n) is 4.33. The van der Waals surface area contributed by atoms with Crippen molar-refractivity contribution >= 4 is 17.5 Å². The van der Waals surface area contributed by atoms with Crippen LogP contribution in [-0.4, -0.2) is 48.9 Å². The summed E-state index contributed by atoms with van der Waals surface area (Å²) in [4.78, 5) is 27.7. The molecule has 1 saturated heterocycles. The van der Waals surface area contributed by atoms with Crippen molar-refractivity contribution in [3.8, 4) is 0 Å². The van der Waals surface area contributed by atoms with Gasteiger partial charge in [0.25, 0.3) is 0 Å². The first-order valence-electron chi connectivity index (χ1n) is 8.19. The van der Waals surface area contributed by atoms with Crippen molar-refractivity contribution in [2.75, 3.05) is 31.1 Å². The van der Waals surface area contributed by atoms with E-state index in [9.17, 15) is 14.0 Å². The van der Waals surface area contributed by atoms with Crippen LogP contribution in [0.1, 0.15) is 25.7 Å². The van der Waals surface area contributed by atoms with Crippen molar-refractivity contribution in [2.45, 2.75) is 31.7 Å². The Bertz CT molecular complexity index is 564. The second-order valence-corrected chi connectivity index (χ2v) is 6.19. The lowest BCUT2D eigenvalue weighted by atomic mass is 10.2. The predicted octanol–water partition coefficient (Wildman–Crippen LogP) is 1.53. The fourth-order valence-corrected chi connectivity index (χ4v) is 2.77. The summed E-state index contributed by atoms with van der Waals surface area (Å²) >= 11 is 0. The number of nitrogens with one attached hydrogen (secondary N) is 1. The molecule has 124 valence electrons. The van der Waals surface area contributed by atoms with E-state index in [-0.39, 0.29) is 30.5 Å². The number of benzene rings is 1. The lowest BCUT2D eigenvalue weighted by molar-refractivity contribution is -0.133. The van der Waals surface area contributed by atoms with Crippen LogP contribution in [0.2, 0.25) is 0 Å². The first kappa shape index (κ1) is 15.8. The molecule has 2 amide bonds. The molecule has 1 aliphatic carbocycles. The standard InChI is InChI=1S/C17H22FN3O2/c18-13-1-5-15(6-2-13)20-9-11-21(12-10-20)17(23)8-7-16(22)19-14-3-4-14/h1-2,5-6,14H,3-4,7-12H2,(H,19,22). The average molecular weight is 319 g/mol. The number of hydrogen-bond donors (Lipinski definition) is 1. The van der Waals surface area contributed by atoms with E-state index in [0.717, 1.165) is 31.6 Å². The summed E-state index contributed by atoms with van der Waals surface area (Å²) in [5.41, 5.74) is 0.974. The summed E-state index contributed by atoms with van der Waals surface area (Å²) in [5.74, 6) is -0.229. The van der Waals surface area contributed by atoms with Crippen molar-refractivity contribution in [1.29, 1.82) is 0 Å². The molecule has 2 fully saturated rings. The fraction of sp³-hybridized carbons (Fsp3) is 0.529. The van der Waals surface area contributed by atoms with E-state index in [1.54, 1.807) is 12.1 Å². The molecule has 1 N–H and O–H groups in total. The summed E-state index contributed by atoms with van der Waals surface area (Å²) in [6.07, 6.45) is 2.67. The van der Waals surface area contributed by atoms with Gasteiger partial charge in [0.1, 0.15) is 5.82 Å². The van der Waals surface area contributed by atoms with Crippen molar-refractivity contribution in [1.82, 2.24) is 10.2 Å². The van der Waals surface area contributed by atoms with Gasteiger partial charge in [0.15, 0.2) is 0 Å². The first-order valence-corrected chi connectivity index (χ1v) is 8.19. The van der Waals surface area contributed by atoms with Crippen molar-refractivity contribution in [2.24, 2.45) is 0 Å². The van der Waals surface area contributed by atoms with E-state index in [1.807, 2.05) is 4.90 Å². The van der Waals surface area contributed by atoms with Crippen LogP contribution in [0.5, 0.6) is 0 Å². The Morgan fingerprint density at radius 1 is 1.04 bits per heavy atom. The molecule has 1 aliphatic heterocycles. The number of carbonyl (C=O) groups excluding carboxylic acids is 2. The quantitative estimate of drug-likeness (QED) is 0.895. The van der Waals surface area contributed by atoms with Crippen LogP contribution in [0, 0.1) is 5.82 Å². The third-order valence-corrected chi connectivity index (χ3v) is 4.33. The summed E-state index contributed by atoms with van der Waals surface area (Å²) in [6, 6.07) is 6.76. The molecule has 5 nitrogen and oxygen atoms in total. The molecule has 2 aliphatic rings. The van der Waals surface area contributed by atoms with Crippen LogP contribution < -0.4 is 10.2 Å². The maximum absolute atomic E-state index is 13.0. The molecule has 0 bridgehead atoms. The Hall–Kier alpha value is -2.11. The minimum atomic E-state index is -0.243. The van der Waals surface area contributed by atoms with Gasteiger partial charge in [-0.25, -0.2) is 4.39 Å². The summed E-state index contributed by atoms with van der Waals surface area (Å²) < 4.78 is 13.0. The number of hydrogen-bond acceptors (Lipinski definition) is 3. The molecule has 0 radical (unpaired) electrons. The fourth-order valence-electron chi connectivity index (χ4n) is 2.77. The van der Waals surface area contributed by atoms with Gasteiger partial charge in [-0.2, -0.15) is 0 Å². The Labute approximate surface area is 135 Å². The molecular weight excluding hydrogens is 297 g/mol. The third kappa shape index (κ3) is 4.43. The zero-order valence-corrected chi connectivity index (χ0v) is 13.1. The highest BCUT2D eigenvalue weighted by Crippen LogP contribution is 2.19. The van der Waals surface area contributed by atoms with E-state index in [2.05, 4.69) is 10.2 Å². The molecule has 0 unspecified atom stereocenters. The van der Waals surface area contributed by atoms with Crippen LogP contribution in [0.4, 0.5) is 10.1 Å². The van der Waals surface area contributed by atoms with Gasteiger partial charge in [0.2, 0.25) is 11.8 Å². The molecule has 0 atom stereocenters. The lowest BCUT2D eigenvalue weighted by Crippen LogP contribution is -2.49. The van der Waals surface area contributed by atoms with Gasteiger partial charge in [-0.3, -0.25) is 9.59 Å². The van der Waals surface area contributed by atoms with Gasteiger partial charge in [-0.05, 0) is 37.1 Å². The van der Waals surface area contributed by atoms with E-state index < -0.39 is 0 Å². The smallest absolute Gasteiger partial charge is 0.223 e. The van der Waals surface area contributed by atoms with Gasteiger partial charge in [0.05, 0.1) is 0 Å². The highest BCUT2D eigenvalue weighted by Gasteiger charge is 2.25. The predicted molar refractivity (Wildman–Crippen MR) is 85.6 cm³/mol. The molecule has 1 aromatic carbocycles. The number of nitrogens with zero attached hydrogens (tertiary/aromatic N) is 2. The average Bonchev–Trinajstić information content (AvgIpc) is 3.37. The van der Waals surface area contributed by atoms with Gasteiger partial charge in [-0.15, -0.1) is 0 Å². The van der Waals surface area contributed by atoms with Crippen molar-refractivity contribution in [3.63, 3.8) is 0 Å². The molecule has 1 heterocycles. The van der Waals surface area contributed by atoms with Crippen LogP contribution >= 0.6 is 0 Å². The molecule has 0 spiro atoms. The number of anilines is 1. The van der Waals surface area contributed by atoms with E-state index in [4.69, 9.17) is 0 Å². The Balaban J connectivity index is 1.41. The number of halogens is 1. The summed E-state index contributed by atoms with van der Waals surface area (Å²) in [5, 5.41) is 2.90. The normalized spacial score (nSPS) is 18.0. The maximum Gasteiger partial charge on any atom is 0.223 e. The van der Waals surface area contributed by atoms with E-state index in [1.165, 1.54) is 12.1 Å². The minimum absolute atomic E-state index is 0.0224. The molecular formula is C17H22FN3O2. The van der Waals surface area contributed by atoms with Gasteiger partial charge in [0, 0.05) is 50.7 Å². The number of carbonyl (C=O) groups is 2. The number of amides is 2. The zero-order valence-electron chi connectivity index (χ0n) is 13.1. The maximum atomic E-state index is 13.0. The molecule has 6 heteroatoms. The SMILES string of the molecule is O=C(CCC(=O)N1CCN(c2ccc(F)cc2)CC1)NC1CC1. The lowest BCUT2D eigenvalue weighted by Gasteiger charge is -2.36. The zero-order chi connectivity index (χ0) is 16.2. The second-order valence-electron chi connectivity index (χ2n) is 6.19. The van der Waals surface area contributed by atoms with Crippen LogP contribution in [0.15, 0.2) is 24.3 Å². The van der Waals surface area contributed by atoms with Crippen LogP contribution in [-0.2, 0) is 9.59 Å². The molecule has 23 heavy (non-hydrogen) atoms. The Morgan fingerprint density at radius 2 is 1.70 bits per heavy atom. The summed E-state index contributed by atoms with van der Waals surface area (Å²) in [6.45, 7) is 2.73. The molecule has 0 aromatic heterocycles. The van der Waals surface area contributed by atoms with Crippen molar-refractivity contribution < 1.29 is 14.0 Å². The van der Waals surface area contributed by atoms with Gasteiger partial charge >= 0.3 is 0 Å². The number of piperazine rings is 1. The van der Waals surface area contributed by atoms with E-state index >= 15 is 0 Å². The second kappa shape index (κ2) is 6.98. The molecule has 1 aromatic rings. The van der Waals surface area contributed by atoms with E-state index in [0.29, 0.717) is 19.1 Å².